The number of amides is 2. The van der Waals surface area contributed by atoms with Crippen molar-refractivity contribution in [3.05, 3.63) is 70.8 Å². The van der Waals surface area contributed by atoms with Gasteiger partial charge in [0.2, 0.25) is 5.91 Å². The van der Waals surface area contributed by atoms with Gasteiger partial charge in [0.25, 0.3) is 5.91 Å². The number of rotatable bonds is 6. The number of halogens is 1. The number of hydrogen-bond donors (Lipinski definition) is 4. The van der Waals surface area contributed by atoms with Crippen LogP contribution in [0.1, 0.15) is 16.8 Å². The molecular weight excluding hydrogens is 374 g/mol. The molecule has 0 aliphatic rings. The summed E-state index contributed by atoms with van der Waals surface area (Å²) in [6.45, 7) is 3.69. The van der Waals surface area contributed by atoms with Crippen molar-refractivity contribution in [2.75, 3.05) is 5.32 Å². The smallest absolute Gasteiger partial charge is 0.269 e. The number of hydrazine groups is 1. The van der Waals surface area contributed by atoms with Crippen LogP contribution in [0.25, 0.3) is 0 Å². The number of hydrogen-bond acceptors (Lipinski definition) is 4. The van der Waals surface area contributed by atoms with Gasteiger partial charge in [-0.15, -0.1) is 0 Å². The topological polar surface area (TPSA) is 90.5 Å². The van der Waals surface area contributed by atoms with Gasteiger partial charge in [-0.2, -0.15) is 0 Å². The van der Waals surface area contributed by atoms with E-state index in [9.17, 15) is 14.7 Å². The average Bonchev–Trinajstić information content (AvgIpc) is 2.54. The minimum absolute atomic E-state index is 0.00359. The molecule has 2 rings (SSSR count). The van der Waals surface area contributed by atoms with E-state index >= 15 is 0 Å². The number of carbonyl (C=O) groups excluding carboxylic acids is 2. The van der Waals surface area contributed by atoms with E-state index in [1.54, 1.807) is 24.3 Å². The molecule has 2 amide bonds. The number of nitrogens with one attached hydrogen (secondary N) is 3. The Morgan fingerprint density at radius 1 is 1.08 bits per heavy atom. The van der Waals surface area contributed by atoms with E-state index in [1.807, 2.05) is 12.1 Å². The predicted molar refractivity (Wildman–Crippen MR) is 95.2 cm³/mol. The van der Waals surface area contributed by atoms with Crippen molar-refractivity contribution in [2.24, 2.45) is 0 Å². The molecule has 6 nitrogen and oxygen atoms in total. The maximum absolute atomic E-state index is 11.9. The van der Waals surface area contributed by atoms with Crippen LogP contribution < -0.4 is 16.2 Å². The van der Waals surface area contributed by atoms with E-state index in [0.717, 1.165) is 4.47 Å². The molecule has 0 atom stereocenters. The lowest BCUT2D eigenvalue weighted by molar-refractivity contribution is -0.115. The summed E-state index contributed by atoms with van der Waals surface area (Å²) in [6.07, 6.45) is -0.00359. The largest absolute Gasteiger partial charge is 0.508 e. The lowest BCUT2D eigenvalue weighted by atomic mass is 10.2. The third kappa shape index (κ3) is 5.44. The molecule has 0 spiro atoms. The zero-order valence-electron chi connectivity index (χ0n) is 12.7. The van der Waals surface area contributed by atoms with E-state index < -0.39 is 5.91 Å². The van der Waals surface area contributed by atoms with Crippen LogP contribution in [-0.2, 0) is 4.79 Å². The van der Waals surface area contributed by atoms with Crippen LogP contribution in [0.2, 0.25) is 0 Å². The lowest BCUT2D eigenvalue weighted by Crippen LogP contribution is -2.37. The highest BCUT2D eigenvalue weighted by molar-refractivity contribution is 9.10. The van der Waals surface area contributed by atoms with E-state index in [4.69, 9.17) is 0 Å². The zero-order valence-corrected chi connectivity index (χ0v) is 14.3. The summed E-state index contributed by atoms with van der Waals surface area (Å²) in [5, 5.41) is 12.1. The highest BCUT2D eigenvalue weighted by Crippen LogP contribution is 2.14. The second kappa shape index (κ2) is 8.16. The molecule has 2 aromatic carbocycles. The molecule has 0 saturated heterocycles. The monoisotopic (exact) mass is 389 g/mol. The molecule has 0 fully saturated rings. The van der Waals surface area contributed by atoms with Gasteiger partial charge in [0.1, 0.15) is 5.75 Å². The number of benzene rings is 2. The van der Waals surface area contributed by atoms with Crippen molar-refractivity contribution in [3.8, 4) is 5.75 Å². The lowest BCUT2D eigenvalue weighted by Gasteiger charge is -2.11. The Kier molecular flexibility index (Phi) is 5.97. The van der Waals surface area contributed by atoms with Crippen molar-refractivity contribution >= 4 is 33.4 Å². The Morgan fingerprint density at radius 2 is 1.79 bits per heavy atom. The maximum Gasteiger partial charge on any atom is 0.269 e. The maximum atomic E-state index is 11.9. The van der Waals surface area contributed by atoms with Gasteiger partial charge in [0.05, 0.1) is 6.42 Å². The third-order valence-corrected chi connectivity index (χ3v) is 3.49. The first-order valence-corrected chi connectivity index (χ1v) is 7.82. The van der Waals surface area contributed by atoms with Crippen molar-refractivity contribution in [1.29, 1.82) is 0 Å². The highest BCUT2D eigenvalue weighted by atomic mass is 79.9. The van der Waals surface area contributed by atoms with E-state index in [-0.39, 0.29) is 23.6 Å². The van der Waals surface area contributed by atoms with E-state index in [1.165, 1.54) is 12.1 Å². The molecule has 4 N–H and O–H groups in total. The molecule has 0 bridgehead atoms. The summed E-state index contributed by atoms with van der Waals surface area (Å²) in [6, 6.07) is 13.1. The molecule has 0 saturated carbocycles. The van der Waals surface area contributed by atoms with Gasteiger partial charge in [0, 0.05) is 21.4 Å². The van der Waals surface area contributed by atoms with Gasteiger partial charge >= 0.3 is 0 Å². The zero-order chi connectivity index (χ0) is 17.5. The summed E-state index contributed by atoms with van der Waals surface area (Å²) >= 11 is 3.32. The molecule has 0 heterocycles. The van der Waals surface area contributed by atoms with Crippen molar-refractivity contribution < 1.29 is 14.7 Å². The van der Waals surface area contributed by atoms with Crippen LogP contribution in [0, 0.1) is 0 Å². The predicted octanol–water partition coefficient (Wildman–Crippen LogP) is 2.93. The summed E-state index contributed by atoms with van der Waals surface area (Å²) < 4.78 is 0.918. The third-order valence-electron chi connectivity index (χ3n) is 2.96. The summed E-state index contributed by atoms with van der Waals surface area (Å²) in [4.78, 5) is 23.8. The van der Waals surface area contributed by atoms with Gasteiger partial charge in [-0.1, -0.05) is 28.6 Å². The summed E-state index contributed by atoms with van der Waals surface area (Å²) in [5.41, 5.74) is 6.28. The first kappa shape index (κ1) is 17.6. The van der Waals surface area contributed by atoms with Crippen molar-refractivity contribution in [1.82, 2.24) is 10.9 Å². The SMILES string of the molecule is C=C(CC(=O)Nc1ccc(Br)cc1)NNC(=O)c1cccc(O)c1. The molecule has 0 aliphatic carbocycles. The first-order chi connectivity index (χ1) is 11.4. The Morgan fingerprint density at radius 3 is 2.46 bits per heavy atom. The molecule has 24 heavy (non-hydrogen) atoms. The summed E-state index contributed by atoms with van der Waals surface area (Å²) in [7, 11) is 0. The van der Waals surface area contributed by atoms with E-state index in [0.29, 0.717) is 11.4 Å². The fourth-order valence-electron chi connectivity index (χ4n) is 1.84. The van der Waals surface area contributed by atoms with Crippen LogP contribution in [0.15, 0.2) is 65.3 Å². The number of aromatic hydroxyl groups is 1. The van der Waals surface area contributed by atoms with Gasteiger partial charge in [0.15, 0.2) is 0 Å². The number of phenolic OH excluding ortho intramolecular Hbond substituents is 1. The quantitative estimate of drug-likeness (QED) is 0.571. The molecule has 7 heteroatoms. The number of carbonyl (C=O) groups is 2. The molecule has 0 radical (unpaired) electrons. The standard InChI is InChI=1S/C17H16BrN3O3/c1-11(9-16(23)19-14-7-5-13(18)6-8-14)20-21-17(24)12-3-2-4-15(22)10-12/h2-8,10,20,22H,1,9H2,(H,19,23)(H,21,24). The van der Waals surface area contributed by atoms with Crippen molar-refractivity contribution in [3.63, 3.8) is 0 Å². The molecular formula is C17H16BrN3O3. The molecule has 2 aromatic rings. The van der Waals surface area contributed by atoms with Crippen LogP contribution in [0.5, 0.6) is 5.75 Å². The van der Waals surface area contributed by atoms with Crippen LogP contribution in [0.3, 0.4) is 0 Å². The average molecular weight is 390 g/mol. The number of anilines is 1. The molecule has 0 aromatic heterocycles. The minimum Gasteiger partial charge on any atom is -0.508 e. The second-order valence-electron chi connectivity index (χ2n) is 4.96. The first-order valence-electron chi connectivity index (χ1n) is 7.02. The van der Waals surface area contributed by atoms with Gasteiger partial charge in [-0.25, -0.2) is 0 Å². The van der Waals surface area contributed by atoms with Gasteiger partial charge < -0.3 is 15.8 Å². The van der Waals surface area contributed by atoms with Crippen molar-refractivity contribution in [2.45, 2.75) is 6.42 Å². The number of phenols is 1. The Balaban J connectivity index is 1.79. The molecule has 124 valence electrons. The van der Waals surface area contributed by atoms with Crippen LogP contribution >= 0.6 is 15.9 Å². The normalized spacial score (nSPS) is 9.88. The van der Waals surface area contributed by atoms with Gasteiger partial charge in [-0.05, 0) is 42.5 Å². The molecule has 0 aliphatic heterocycles. The summed E-state index contributed by atoms with van der Waals surface area (Å²) in [5.74, 6) is -0.711. The molecule has 0 unspecified atom stereocenters. The second-order valence-corrected chi connectivity index (χ2v) is 5.88. The van der Waals surface area contributed by atoms with Crippen LogP contribution in [-0.4, -0.2) is 16.9 Å². The van der Waals surface area contributed by atoms with Gasteiger partial charge in [-0.3, -0.25) is 15.0 Å². The minimum atomic E-state index is -0.444. The Hall–Kier alpha value is -2.80. The Bertz CT molecular complexity index is 760. The highest BCUT2D eigenvalue weighted by Gasteiger charge is 2.08. The van der Waals surface area contributed by atoms with Crippen LogP contribution in [0.4, 0.5) is 5.69 Å². The van der Waals surface area contributed by atoms with E-state index in [2.05, 4.69) is 38.7 Å². The fraction of sp³-hybridized carbons (Fsp3) is 0.0588. The Labute approximate surface area is 147 Å². The fourth-order valence-corrected chi connectivity index (χ4v) is 2.11.